The molecule has 1 aromatic carbocycles. The Morgan fingerprint density at radius 3 is 2.63 bits per heavy atom. The van der Waals surface area contributed by atoms with Gasteiger partial charge in [-0.15, -0.1) is 5.10 Å². The lowest BCUT2D eigenvalue weighted by atomic mass is 10.3. The fourth-order valence-corrected chi connectivity index (χ4v) is 2.32. The number of rotatable bonds is 3. The van der Waals surface area contributed by atoms with Gasteiger partial charge in [-0.05, 0) is 46.5 Å². The van der Waals surface area contributed by atoms with Crippen LogP contribution >= 0.6 is 11.8 Å². The summed E-state index contributed by atoms with van der Waals surface area (Å²) < 4.78 is 3.49. The van der Waals surface area contributed by atoms with E-state index >= 15 is 0 Å². The van der Waals surface area contributed by atoms with Crippen LogP contribution in [0.4, 0.5) is 0 Å². The van der Waals surface area contributed by atoms with Gasteiger partial charge in [0.2, 0.25) is 5.16 Å². The van der Waals surface area contributed by atoms with E-state index in [4.69, 9.17) is 0 Å². The first-order valence-corrected chi connectivity index (χ1v) is 6.28. The zero-order chi connectivity index (χ0) is 13.2. The molecule has 0 fully saturated rings. The van der Waals surface area contributed by atoms with Crippen molar-refractivity contribution >= 4 is 11.8 Å². The second kappa shape index (κ2) is 4.73. The summed E-state index contributed by atoms with van der Waals surface area (Å²) in [7, 11) is 1.91. The Labute approximate surface area is 112 Å². The van der Waals surface area contributed by atoms with E-state index in [1.165, 1.54) is 11.8 Å². The average Bonchev–Trinajstić information content (AvgIpc) is 3.01. The van der Waals surface area contributed by atoms with E-state index in [0.29, 0.717) is 5.16 Å². The summed E-state index contributed by atoms with van der Waals surface area (Å²) in [6.45, 7) is 0. The molecule has 0 amide bonds. The number of phenols is 1. The number of aromatic nitrogens is 6. The van der Waals surface area contributed by atoms with Crippen LogP contribution in [0.1, 0.15) is 0 Å². The number of benzene rings is 1. The molecule has 19 heavy (non-hydrogen) atoms. The molecular weight excluding hydrogens is 264 g/mol. The van der Waals surface area contributed by atoms with Gasteiger partial charge >= 0.3 is 0 Å². The Morgan fingerprint density at radius 2 is 1.95 bits per heavy atom. The van der Waals surface area contributed by atoms with Crippen LogP contribution in [0.2, 0.25) is 0 Å². The van der Waals surface area contributed by atoms with Gasteiger partial charge in [0.05, 0.1) is 5.69 Å². The highest BCUT2D eigenvalue weighted by atomic mass is 32.2. The summed E-state index contributed by atoms with van der Waals surface area (Å²) in [5.41, 5.74) is 0.777. The van der Waals surface area contributed by atoms with E-state index in [0.717, 1.165) is 10.8 Å². The Morgan fingerprint density at radius 1 is 1.16 bits per heavy atom. The largest absolute Gasteiger partial charge is 0.508 e. The molecular formula is C11H10N6OS. The van der Waals surface area contributed by atoms with E-state index in [1.54, 1.807) is 35.1 Å². The average molecular weight is 274 g/mol. The van der Waals surface area contributed by atoms with Crippen molar-refractivity contribution in [2.75, 3.05) is 0 Å². The van der Waals surface area contributed by atoms with E-state index in [2.05, 4.69) is 20.5 Å². The number of aryl methyl sites for hydroxylation is 1. The van der Waals surface area contributed by atoms with Crippen LogP contribution in [0, 0.1) is 0 Å². The van der Waals surface area contributed by atoms with Crippen LogP contribution in [-0.2, 0) is 7.05 Å². The molecule has 0 radical (unpaired) electrons. The summed E-state index contributed by atoms with van der Waals surface area (Å²) in [5.74, 6) is 0.204. The highest BCUT2D eigenvalue weighted by Crippen LogP contribution is 2.25. The van der Waals surface area contributed by atoms with Gasteiger partial charge < -0.3 is 9.67 Å². The number of nitrogens with zero attached hydrogens (tertiary/aromatic N) is 6. The quantitative estimate of drug-likeness (QED) is 0.774. The summed E-state index contributed by atoms with van der Waals surface area (Å²) in [6.07, 6.45) is 3.58. The lowest BCUT2D eigenvalue weighted by Crippen LogP contribution is -1.99. The topological polar surface area (TPSA) is 81.7 Å². The molecule has 3 aromatic rings. The number of hydrogen-bond acceptors (Lipinski definition) is 6. The third-order valence-electron chi connectivity index (χ3n) is 2.49. The molecule has 7 nitrogen and oxygen atoms in total. The normalized spacial score (nSPS) is 10.8. The van der Waals surface area contributed by atoms with Crippen molar-refractivity contribution in [3.63, 3.8) is 0 Å². The fourth-order valence-electron chi connectivity index (χ4n) is 1.53. The first-order valence-electron chi connectivity index (χ1n) is 5.47. The minimum Gasteiger partial charge on any atom is -0.508 e. The fraction of sp³-hybridized carbons (Fsp3) is 0.0909. The molecule has 0 atom stereocenters. The molecule has 0 aliphatic heterocycles. The lowest BCUT2D eigenvalue weighted by molar-refractivity contribution is 0.475. The van der Waals surface area contributed by atoms with Crippen LogP contribution in [-0.4, -0.2) is 34.9 Å². The van der Waals surface area contributed by atoms with Gasteiger partial charge in [0.25, 0.3) is 0 Å². The molecule has 0 bridgehead atoms. The molecule has 0 saturated heterocycles. The van der Waals surface area contributed by atoms with E-state index in [-0.39, 0.29) is 5.75 Å². The van der Waals surface area contributed by atoms with Crippen LogP contribution in [0.3, 0.4) is 0 Å². The smallest absolute Gasteiger partial charge is 0.221 e. The van der Waals surface area contributed by atoms with Crippen molar-refractivity contribution in [2.24, 2.45) is 7.05 Å². The molecule has 3 rings (SSSR count). The standard InChI is InChI=1S/C11H10N6OS/c1-16-7-6-12-10(16)19-11-13-14-15-17(11)8-2-4-9(18)5-3-8/h2-7,18H,1H3. The van der Waals surface area contributed by atoms with Crippen LogP contribution < -0.4 is 0 Å². The van der Waals surface area contributed by atoms with E-state index < -0.39 is 0 Å². The van der Waals surface area contributed by atoms with Crippen molar-refractivity contribution in [2.45, 2.75) is 10.3 Å². The second-order valence-corrected chi connectivity index (χ2v) is 4.75. The highest BCUT2D eigenvalue weighted by Gasteiger charge is 2.12. The molecule has 1 N–H and O–H groups in total. The number of imidazole rings is 1. The lowest BCUT2D eigenvalue weighted by Gasteiger charge is -2.04. The number of phenolic OH excluding ortho intramolecular Hbond substituents is 1. The first-order chi connectivity index (χ1) is 9.24. The molecule has 96 valence electrons. The second-order valence-electron chi connectivity index (χ2n) is 3.81. The highest BCUT2D eigenvalue weighted by molar-refractivity contribution is 7.99. The molecule has 2 aromatic heterocycles. The Bertz CT molecular complexity index is 689. The van der Waals surface area contributed by atoms with Crippen molar-refractivity contribution < 1.29 is 5.11 Å². The van der Waals surface area contributed by atoms with Gasteiger partial charge in [-0.1, -0.05) is 0 Å². The SMILES string of the molecule is Cn1ccnc1Sc1nnnn1-c1ccc(O)cc1. The molecule has 0 unspecified atom stereocenters. The van der Waals surface area contributed by atoms with Gasteiger partial charge in [-0.3, -0.25) is 0 Å². The van der Waals surface area contributed by atoms with Gasteiger partial charge in [-0.2, -0.15) is 4.68 Å². The molecule has 0 saturated carbocycles. The van der Waals surface area contributed by atoms with Gasteiger partial charge in [0, 0.05) is 19.4 Å². The maximum Gasteiger partial charge on any atom is 0.221 e. The third-order valence-corrected chi connectivity index (χ3v) is 3.51. The summed E-state index contributed by atoms with van der Waals surface area (Å²) in [6, 6.07) is 6.67. The summed E-state index contributed by atoms with van der Waals surface area (Å²) >= 11 is 1.37. The number of hydrogen-bond donors (Lipinski definition) is 1. The molecule has 2 heterocycles. The van der Waals surface area contributed by atoms with E-state index in [1.807, 2.05) is 17.8 Å². The molecule has 0 aliphatic rings. The predicted octanol–water partition coefficient (Wildman–Crippen LogP) is 1.25. The minimum absolute atomic E-state index is 0.204. The summed E-state index contributed by atoms with van der Waals surface area (Å²) in [5, 5.41) is 22.3. The Hall–Kier alpha value is -2.35. The van der Waals surface area contributed by atoms with Crippen LogP contribution in [0.25, 0.3) is 5.69 Å². The van der Waals surface area contributed by atoms with Crippen molar-refractivity contribution in [1.29, 1.82) is 0 Å². The van der Waals surface area contributed by atoms with Crippen molar-refractivity contribution in [1.82, 2.24) is 29.8 Å². The monoisotopic (exact) mass is 274 g/mol. The predicted molar refractivity (Wildman–Crippen MR) is 68.1 cm³/mol. The van der Waals surface area contributed by atoms with Gasteiger partial charge in [0.1, 0.15) is 5.75 Å². The summed E-state index contributed by atoms with van der Waals surface area (Å²) in [4.78, 5) is 4.22. The third kappa shape index (κ3) is 2.29. The van der Waals surface area contributed by atoms with Crippen molar-refractivity contribution in [3.05, 3.63) is 36.7 Å². The van der Waals surface area contributed by atoms with Crippen molar-refractivity contribution in [3.8, 4) is 11.4 Å². The zero-order valence-corrected chi connectivity index (χ0v) is 10.8. The van der Waals surface area contributed by atoms with Crippen LogP contribution in [0.5, 0.6) is 5.75 Å². The molecule has 0 aliphatic carbocycles. The number of tetrazole rings is 1. The maximum atomic E-state index is 9.29. The zero-order valence-electron chi connectivity index (χ0n) is 10.0. The van der Waals surface area contributed by atoms with Gasteiger partial charge in [-0.25, -0.2) is 4.98 Å². The molecule has 0 spiro atoms. The molecule has 8 heteroatoms. The first kappa shape index (κ1) is 11.7. The van der Waals surface area contributed by atoms with Gasteiger partial charge in [0.15, 0.2) is 5.16 Å². The maximum absolute atomic E-state index is 9.29. The number of aromatic hydroxyl groups is 1. The van der Waals surface area contributed by atoms with E-state index in [9.17, 15) is 5.11 Å². The Kier molecular flexibility index (Phi) is 2.92. The van der Waals surface area contributed by atoms with Crippen LogP contribution in [0.15, 0.2) is 47.0 Å². The minimum atomic E-state index is 0.204. The Balaban J connectivity index is 1.94.